The lowest BCUT2D eigenvalue weighted by atomic mass is 9.90. The van der Waals surface area contributed by atoms with Crippen molar-refractivity contribution in [2.45, 2.75) is 37.0 Å². The van der Waals surface area contributed by atoms with Gasteiger partial charge in [-0.1, -0.05) is 11.8 Å². The van der Waals surface area contributed by atoms with E-state index in [1.807, 2.05) is 0 Å². The molecule has 10 heteroatoms. The molecular formula is C12H16FN5O4. The van der Waals surface area contributed by atoms with Crippen LogP contribution in [0.4, 0.5) is 10.2 Å². The van der Waals surface area contributed by atoms with Crippen molar-refractivity contribution < 1.29 is 19.3 Å². The van der Waals surface area contributed by atoms with E-state index in [1.54, 1.807) is 0 Å². The fourth-order valence-electron chi connectivity index (χ4n) is 2.24. The third-order valence-corrected chi connectivity index (χ3v) is 3.30. The summed E-state index contributed by atoms with van der Waals surface area (Å²) in [7, 11) is 0. The van der Waals surface area contributed by atoms with Gasteiger partial charge in [-0.2, -0.15) is 14.8 Å². The van der Waals surface area contributed by atoms with E-state index >= 15 is 0 Å². The van der Waals surface area contributed by atoms with Gasteiger partial charge in [0.25, 0.3) is 0 Å². The number of nitrogens with zero attached hydrogens (tertiary/aromatic N) is 3. The lowest BCUT2D eigenvalue weighted by Crippen LogP contribution is -2.56. The van der Waals surface area contributed by atoms with E-state index in [1.165, 1.54) is 6.92 Å². The molecule has 5 atom stereocenters. The Bertz CT molecular complexity index is 669. The minimum Gasteiger partial charge on any atom is -0.391 e. The summed E-state index contributed by atoms with van der Waals surface area (Å²) in [5.74, 6) is 4.33. The SMILES string of the molecule is C[C@H](O)[C@H]1O[C@@H](n2ncc(N)nc2=O)C(N)(C#CCF)[C@H]1O. The van der Waals surface area contributed by atoms with Crippen LogP contribution < -0.4 is 17.2 Å². The molecule has 6 N–H and O–H groups in total. The standard InChI is InChI=1S/C12H16FN5O4/c1-6(19)8-9(20)12(15,3-2-4-13)10(22-8)18-11(21)17-7(14)5-16-18/h5-6,8-10,19-20H,4,15H2,1H3,(H2,14,17,21)/t6-,8+,9-,10+,12?/m0/s1. The number of aromatic nitrogens is 3. The molecular weight excluding hydrogens is 297 g/mol. The van der Waals surface area contributed by atoms with Crippen molar-refractivity contribution in [3.05, 3.63) is 16.7 Å². The van der Waals surface area contributed by atoms with Gasteiger partial charge in [-0.25, -0.2) is 9.18 Å². The van der Waals surface area contributed by atoms with Crippen molar-refractivity contribution in [3.8, 4) is 11.8 Å². The number of halogens is 1. The van der Waals surface area contributed by atoms with E-state index in [2.05, 4.69) is 21.9 Å². The van der Waals surface area contributed by atoms with Gasteiger partial charge >= 0.3 is 5.69 Å². The van der Waals surface area contributed by atoms with Gasteiger partial charge in [0.05, 0.1) is 12.3 Å². The number of rotatable bonds is 2. The van der Waals surface area contributed by atoms with Crippen molar-refractivity contribution in [2.75, 3.05) is 12.4 Å². The third kappa shape index (κ3) is 2.67. The number of aliphatic hydroxyl groups excluding tert-OH is 2. The van der Waals surface area contributed by atoms with Gasteiger partial charge in [0.1, 0.15) is 24.7 Å². The van der Waals surface area contributed by atoms with Gasteiger partial charge in [-0.3, -0.25) is 0 Å². The van der Waals surface area contributed by atoms with Gasteiger partial charge in [-0.15, -0.1) is 0 Å². The zero-order valence-electron chi connectivity index (χ0n) is 11.7. The highest BCUT2D eigenvalue weighted by atomic mass is 19.1. The first kappa shape index (κ1) is 16.3. The number of nitrogen functional groups attached to an aromatic ring is 1. The number of alkyl halides is 1. The Morgan fingerprint density at radius 3 is 2.91 bits per heavy atom. The first-order valence-corrected chi connectivity index (χ1v) is 6.39. The summed E-state index contributed by atoms with van der Waals surface area (Å²) in [5.41, 5.74) is 8.65. The maximum Gasteiger partial charge on any atom is 0.368 e. The van der Waals surface area contributed by atoms with Gasteiger partial charge in [0, 0.05) is 0 Å². The summed E-state index contributed by atoms with van der Waals surface area (Å²) in [6.45, 7) is 0.372. The fourth-order valence-corrected chi connectivity index (χ4v) is 2.24. The molecule has 120 valence electrons. The van der Waals surface area contributed by atoms with Crippen molar-refractivity contribution in [1.82, 2.24) is 14.8 Å². The van der Waals surface area contributed by atoms with Crippen molar-refractivity contribution in [1.29, 1.82) is 0 Å². The molecule has 1 aliphatic heterocycles. The Kier molecular flexibility index (Phi) is 4.43. The predicted molar refractivity (Wildman–Crippen MR) is 73.0 cm³/mol. The average Bonchev–Trinajstić information content (AvgIpc) is 2.70. The van der Waals surface area contributed by atoms with Crippen molar-refractivity contribution in [3.63, 3.8) is 0 Å². The number of anilines is 1. The number of aliphatic hydroxyl groups is 2. The molecule has 0 spiro atoms. The smallest absolute Gasteiger partial charge is 0.368 e. The molecule has 0 saturated carbocycles. The average molecular weight is 313 g/mol. The fraction of sp³-hybridized carbons (Fsp3) is 0.583. The second-order valence-electron chi connectivity index (χ2n) is 4.92. The summed E-state index contributed by atoms with van der Waals surface area (Å²) >= 11 is 0. The topological polar surface area (TPSA) is 150 Å². The van der Waals surface area contributed by atoms with E-state index in [9.17, 15) is 19.4 Å². The van der Waals surface area contributed by atoms with E-state index in [0.29, 0.717) is 0 Å². The molecule has 0 amide bonds. The molecule has 0 aliphatic carbocycles. The summed E-state index contributed by atoms with van der Waals surface area (Å²) in [6, 6.07) is 0. The molecule has 9 nitrogen and oxygen atoms in total. The molecule has 1 saturated heterocycles. The van der Waals surface area contributed by atoms with Crippen LogP contribution in [0.25, 0.3) is 0 Å². The van der Waals surface area contributed by atoms with E-state index < -0.39 is 42.4 Å². The van der Waals surface area contributed by atoms with Crippen LogP contribution >= 0.6 is 0 Å². The van der Waals surface area contributed by atoms with Crippen LogP contribution in [0, 0.1) is 11.8 Å². The quantitative estimate of drug-likeness (QED) is 0.439. The Balaban J connectivity index is 2.53. The first-order chi connectivity index (χ1) is 10.3. The van der Waals surface area contributed by atoms with Crippen LogP contribution in [0.1, 0.15) is 13.2 Å². The summed E-state index contributed by atoms with van der Waals surface area (Å²) in [4.78, 5) is 15.4. The van der Waals surface area contributed by atoms with Crippen LogP contribution in [0.15, 0.2) is 11.0 Å². The van der Waals surface area contributed by atoms with Crippen LogP contribution in [0.2, 0.25) is 0 Å². The highest BCUT2D eigenvalue weighted by molar-refractivity contribution is 5.26. The largest absolute Gasteiger partial charge is 0.391 e. The van der Waals surface area contributed by atoms with Gasteiger partial charge < -0.3 is 26.4 Å². The normalized spacial score (nSPS) is 32.3. The molecule has 2 heterocycles. The van der Waals surface area contributed by atoms with Crippen molar-refractivity contribution in [2.24, 2.45) is 5.73 Å². The second-order valence-corrected chi connectivity index (χ2v) is 4.92. The molecule has 2 rings (SSSR count). The molecule has 1 aromatic rings. The molecule has 1 aromatic heterocycles. The third-order valence-electron chi connectivity index (χ3n) is 3.30. The zero-order chi connectivity index (χ0) is 16.5. The number of nitrogens with two attached hydrogens (primary N) is 2. The maximum absolute atomic E-state index is 12.3. The van der Waals surface area contributed by atoms with Crippen LogP contribution in [0.3, 0.4) is 0 Å². The number of hydrogen-bond acceptors (Lipinski definition) is 8. The Morgan fingerprint density at radius 1 is 1.68 bits per heavy atom. The monoisotopic (exact) mass is 313 g/mol. The second kappa shape index (κ2) is 5.98. The summed E-state index contributed by atoms with van der Waals surface area (Å²) < 4.78 is 18.5. The first-order valence-electron chi connectivity index (χ1n) is 6.39. The Morgan fingerprint density at radius 2 is 2.36 bits per heavy atom. The van der Waals surface area contributed by atoms with Gasteiger partial charge in [0.15, 0.2) is 11.8 Å². The predicted octanol–water partition coefficient (Wildman–Crippen LogP) is -2.47. The minimum absolute atomic E-state index is 0.107. The molecule has 0 bridgehead atoms. The highest BCUT2D eigenvalue weighted by Gasteiger charge is 2.56. The summed E-state index contributed by atoms with van der Waals surface area (Å²) in [6.07, 6.45) is -3.97. The lowest BCUT2D eigenvalue weighted by Gasteiger charge is -2.27. The maximum atomic E-state index is 12.3. The molecule has 1 unspecified atom stereocenters. The Hall–Kier alpha value is -2.06. The highest BCUT2D eigenvalue weighted by Crippen LogP contribution is 2.36. The molecule has 1 aliphatic rings. The van der Waals surface area contributed by atoms with E-state index in [0.717, 1.165) is 10.9 Å². The number of ether oxygens (including phenoxy) is 1. The molecule has 22 heavy (non-hydrogen) atoms. The minimum atomic E-state index is -1.84. The van der Waals surface area contributed by atoms with Crippen LogP contribution in [-0.4, -0.2) is 55.5 Å². The van der Waals surface area contributed by atoms with Crippen LogP contribution in [0.5, 0.6) is 0 Å². The van der Waals surface area contributed by atoms with E-state index in [4.69, 9.17) is 16.2 Å². The molecule has 0 aromatic carbocycles. The molecule has 0 radical (unpaired) electrons. The Labute approximate surface area is 124 Å². The van der Waals surface area contributed by atoms with Gasteiger partial charge in [0.2, 0.25) is 0 Å². The van der Waals surface area contributed by atoms with Crippen LogP contribution in [-0.2, 0) is 4.74 Å². The zero-order valence-corrected chi connectivity index (χ0v) is 11.7. The summed E-state index contributed by atoms with van der Waals surface area (Å²) in [5, 5.41) is 23.7. The van der Waals surface area contributed by atoms with Gasteiger partial charge in [-0.05, 0) is 6.92 Å². The number of hydrogen-bond donors (Lipinski definition) is 4. The molecule has 1 fully saturated rings. The lowest BCUT2D eigenvalue weighted by molar-refractivity contribution is -0.0816. The van der Waals surface area contributed by atoms with Crippen molar-refractivity contribution >= 4 is 5.82 Å². The van der Waals surface area contributed by atoms with E-state index in [-0.39, 0.29) is 5.82 Å².